The molecule has 1 unspecified atom stereocenters. The first-order valence-corrected chi connectivity index (χ1v) is 10.1. The summed E-state index contributed by atoms with van der Waals surface area (Å²) in [6.07, 6.45) is 1.08. The number of likely N-dealkylation sites (tertiary alicyclic amines) is 1. The van der Waals surface area contributed by atoms with Crippen LogP contribution in [0.5, 0.6) is 0 Å². The smallest absolute Gasteiger partial charge is 0.193 e. The Bertz CT molecular complexity index is 810. The van der Waals surface area contributed by atoms with Gasteiger partial charge in [0.15, 0.2) is 5.96 Å². The summed E-state index contributed by atoms with van der Waals surface area (Å²) in [4.78, 5) is 8.43. The van der Waals surface area contributed by atoms with E-state index in [2.05, 4.69) is 27.3 Å². The summed E-state index contributed by atoms with van der Waals surface area (Å²) in [6, 6.07) is 15.6. The largest absolute Gasteiger partial charge is 0.376 e. The molecule has 29 heavy (non-hydrogen) atoms. The number of ether oxygens (including phenoxy) is 1. The van der Waals surface area contributed by atoms with Crippen LogP contribution < -0.4 is 10.2 Å². The number of hydrogen-bond donors (Lipinski definition) is 1. The van der Waals surface area contributed by atoms with Crippen molar-refractivity contribution in [2.24, 2.45) is 10.9 Å². The van der Waals surface area contributed by atoms with E-state index >= 15 is 0 Å². The molecule has 6 heteroatoms. The number of anilines is 1. The zero-order valence-corrected chi connectivity index (χ0v) is 17.6. The van der Waals surface area contributed by atoms with Crippen molar-refractivity contribution < 1.29 is 9.13 Å². The zero-order chi connectivity index (χ0) is 20.6. The van der Waals surface area contributed by atoms with Gasteiger partial charge in [-0.15, -0.1) is 0 Å². The van der Waals surface area contributed by atoms with E-state index in [0.717, 1.165) is 37.6 Å². The molecule has 1 N–H and O–H groups in total. The Morgan fingerprint density at radius 3 is 2.69 bits per heavy atom. The second-order valence-corrected chi connectivity index (χ2v) is 7.68. The molecule has 1 saturated heterocycles. The fourth-order valence-electron chi connectivity index (χ4n) is 3.62. The van der Waals surface area contributed by atoms with Gasteiger partial charge >= 0.3 is 0 Å². The van der Waals surface area contributed by atoms with E-state index in [1.54, 1.807) is 18.0 Å². The van der Waals surface area contributed by atoms with Gasteiger partial charge in [-0.3, -0.25) is 4.99 Å². The van der Waals surface area contributed by atoms with E-state index in [-0.39, 0.29) is 5.82 Å². The van der Waals surface area contributed by atoms with Gasteiger partial charge in [0.05, 0.1) is 18.9 Å². The van der Waals surface area contributed by atoms with Gasteiger partial charge in [0.1, 0.15) is 5.82 Å². The number of halogens is 1. The maximum Gasteiger partial charge on any atom is 0.193 e. The summed E-state index contributed by atoms with van der Waals surface area (Å²) in [5, 5.41) is 3.36. The van der Waals surface area contributed by atoms with Crippen LogP contribution >= 0.6 is 0 Å². The van der Waals surface area contributed by atoms with E-state index in [1.165, 1.54) is 5.56 Å². The predicted octanol–water partition coefficient (Wildman–Crippen LogP) is 3.51. The standard InChI is InChI=1S/C23H31FN4O/c1-25-23(26-14-19-9-10-22(27(2)3)21(24)13-19)28-12-11-20(15-28)17-29-16-18-7-5-4-6-8-18/h4-10,13,20H,11-12,14-17H2,1-3H3,(H,25,26). The van der Waals surface area contributed by atoms with E-state index in [4.69, 9.17) is 4.74 Å². The van der Waals surface area contributed by atoms with Crippen LogP contribution in [0, 0.1) is 11.7 Å². The summed E-state index contributed by atoms with van der Waals surface area (Å²) in [6.45, 7) is 3.82. The number of nitrogens with zero attached hydrogens (tertiary/aromatic N) is 3. The first-order valence-electron chi connectivity index (χ1n) is 10.1. The van der Waals surface area contributed by atoms with Gasteiger partial charge in [0, 0.05) is 46.7 Å². The number of nitrogens with one attached hydrogen (secondary N) is 1. The van der Waals surface area contributed by atoms with Gasteiger partial charge in [-0.25, -0.2) is 4.39 Å². The molecule has 1 aliphatic heterocycles. The number of hydrogen-bond acceptors (Lipinski definition) is 3. The lowest BCUT2D eigenvalue weighted by Gasteiger charge is -2.22. The highest BCUT2D eigenvalue weighted by atomic mass is 19.1. The minimum absolute atomic E-state index is 0.207. The highest BCUT2D eigenvalue weighted by Crippen LogP contribution is 2.19. The Morgan fingerprint density at radius 2 is 2.00 bits per heavy atom. The van der Waals surface area contributed by atoms with Gasteiger partial charge in [-0.1, -0.05) is 36.4 Å². The van der Waals surface area contributed by atoms with Crippen molar-refractivity contribution in [3.8, 4) is 0 Å². The molecule has 2 aromatic rings. The maximum absolute atomic E-state index is 14.2. The Morgan fingerprint density at radius 1 is 1.21 bits per heavy atom. The van der Waals surface area contributed by atoms with Gasteiger partial charge in [0.2, 0.25) is 0 Å². The zero-order valence-electron chi connectivity index (χ0n) is 17.6. The third-order valence-electron chi connectivity index (χ3n) is 5.21. The first-order chi connectivity index (χ1) is 14.1. The summed E-state index contributed by atoms with van der Waals surface area (Å²) in [7, 11) is 5.47. The molecule has 156 valence electrons. The number of rotatable bonds is 7. The minimum Gasteiger partial charge on any atom is -0.376 e. The molecule has 0 amide bonds. The van der Waals surface area contributed by atoms with Crippen molar-refractivity contribution >= 4 is 11.6 Å². The maximum atomic E-state index is 14.2. The summed E-state index contributed by atoms with van der Waals surface area (Å²) >= 11 is 0. The van der Waals surface area contributed by atoms with Crippen LogP contribution in [-0.4, -0.2) is 51.7 Å². The van der Waals surface area contributed by atoms with E-state index < -0.39 is 0 Å². The lowest BCUT2D eigenvalue weighted by atomic mass is 10.1. The molecule has 3 rings (SSSR count). The van der Waals surface area contributed by atoms with Crippen molar-refractivity contribution in [1.82, 2.24) is 10.2 Å². The molecule has 0 aliphatic carbocycles. The van der Waals surface area contributed by atoms with Crippen molar-refractivity contribution in [2.75, 3.05) is 45.7 Å². The van der Waals surface area contributed by atoms with Crippen LogP contribution in [0.25, 0.3) is 0 Å². The summed E-state index contributed by atoms with van der Waals surface area (Å²) in [5.74, 6) is 1.14. The molecule has 1 heterocycles. The molecular weight excluding hydrogens is 367 g/mol. The molecule has 0 radical (unpaired) electrons. The van der Waals surface area contributed by atoms with E-state index in [0.29, 0.717) is 24.8 Å². The molecule has 0 aromatic heterocycles. The Hall–Kier alpha value is -2.60. The van der Waals surface area contributed by atoms with Gasteiger partial charge in [-0.2, -0.15) is 0 Å². The molecule has 0 bridgehead atoms. The fraction of sp³-hybridized carbons (Fsp3) is 0.435. The molecule has 5 nitrogen and oxygen atoms in total. The third kappa shape index (κ3) is 5.94. The monoisotopic (exact) mass is 398 g/mol. The van der Waals surface area contributed by atoms with Crippen LogP contribution in [-0.2, 0) is 17.9 Å². The van der Waals surface area contributed by atoms with Crippen LogP contribution in [0.2, 0.25) is 0 Å². The molecular formula is C23H31FN4O. The second kappa shape index (κ2) is 10.3. The molecule has 1 atom stereocenters. The summed E-state index contributed by atoms with van der Waals surface area (Å²) in [5.41, 5.74) is 2.69. The van der Waals surface area contributed by atoms with Crippen LogP contribution in [0.15, 0.2) is 53.5 Å². The molecule has 0 spiro atoms. The second-order valence-electron chi connectivity index (χ2n) is 7.68. The van der Waals surface area contributed by atoms with Crippen LogP contribution in [0.4, 0.5) is 10.1 Å². The highest BCUT2D eigenvalue weighted by molar-refractivity contribution is 5.80. The Balaban J connectivity index is 1.45. The lowest BCUT2D eigenvalue weighted by Crippen LogP contribution is -2.39. The van der Waals surface area contributed by atoms with E-state index in [9.17, 15) is 4.39 Å². The van der Waals surface area contributed by atoms with E-state index in [1.807, 2.05) is 44.4 Å². The first kappa shape index (κ1) is 21.1. The molecule has 0 saturated carbocycles. The normalized spacial score (nSPS) is 16.9. The number of guanidine groups is 1. The summed E-state index contributed by atoms with van der Waals surface area (Å²) < 4.78 is 20.1. The average molecular weight is 399 g/mol. The lowest BCUT2D eigenvalue weighted by molar-refractivity contribution is 0.0906. The molecule has 1 aliphatic rings. The van der Waals surface area contributed by atoms with Crippen LogP contribution in [0.1, 0.15) is 17.5 Å². The van der Waals surface area contributed by atoms with Crippen molar-refractivity contribution in [3.05, 3.63) is 65.5 Å². The van der Waals surface area contributed by atoms with Gasteiger partial charge in [-0.05, 0) is 29.7 Å². The third-order valence-corrected chi connectivity index (χ3v) is 5.21. The molecule has 1 fully saturated rings. The van der Waals surface area contributed by atoms with Gasteiger partial charge in [0.25, 0.3) is 0 Å². The SMILES string of the molecule is CN=C(NCc1ccc(N(C)C)c(F)c1)N1CCC(COCc2ccccc2)C1. The van der Waals surface area contributed by atoms with Crippen LogP contribution in [0.3, 0.4) is 0 Å². The Kier molecular flexibility index (Phi) is 7.47. The van der Waals surface area contributed by atoms with Crippen molar-refractivity contribution in [2.45, 2.75) is 19.6 Å². The number of benzene rings is 2. The van der Waals surface area contributed by atoms with Crippen molar-refractivity contribution in [1.29, 1.82) is 0 Å². The molecule has 2 aromatic carbocycles. The quantitative estimate of drug-likeness (QED) is 0.572. The number of aliphatic imine (C=N–C) groups is 1. The van der Waals surface area contributed by atoms with Gasteiger partial charge < -0.3 is 19.9 Å². The fourth-order valence-corrected chi connectivity index (χ4v) is 3.62. The topological polar surface area (TPSA) is 40.1 Å². The predicted molar refractivity (Wildman–Crippen MR) is 117 cm³/mol. The Labute approximate surface area is 173 Å². The average Bonchev–Trinajstić information content (AvgIpc) is 3.18. The highest BCUT2D eigenvalue weighted by Gasteiger charge is 2.25. The van der Waals surface area contributed by atoms with Crippen molar-refractivity contribution in [3.63, 3.8) is 0 Å². The minimum atomic E-state index is -0.207.